The van der Waals surface area contributed by atoms with Gasteiger partial charge in [0.1, 0.15) is 0 Å². The Morgan fingerprint density at radius 3 is 1.36 bits per heavy atom. The van der Waals surface area contributed by atoms with Crippen LogP contribution in [0.15, 0.2) is 188 Å². The van der Waals surface area contributed by atoms with Crippen molar-refractivity contribution < 1.29 is 0 Å². The molecular weight excluding hydrogens is 1060 g/mol. The molecule has 2 aliphatic carbocycles. The molecule has 1 aromatic heterocycles. The van der Waals surface area contributed by atoms with Gasteiger partial charge in [0.05, 0.1) is 11.4 Å². The van der Waals surface area contributed by atoms with E-state index in [1.165, 1.54) is 128 Å². The second-order valence-electron chi connectivity index (χ2n) is 30.4. The summed E-state index contributed by atoms with van der Waals surface area (Å²) in [7, 11) is 0. The van der Waals surface area contributed by atoms with Crippen LogP contribution in [-0.2, 0) is 32.5 Å². The summed E-state index contributed by atoms with van der Waals surface area (Å²) in [6, 6.07) is 73.0. The minimum atomic E-state index is -0.0480. The first-order chi connectivity index (χ1) is 40.8. The molecule has 0 amide bonds. The summed E-state index contributed by atoms with van der Waals surface area (Å²) in [6.45, 7) is 36.4. The van der Waals surface area contributed by atoms with Crippen molar-refractivity contribution in [1.82, 2.24) is 0 Å². The number of nitrogens with zero attached hydrogens (tertiary/aromatic N) is 3. The first-order valence-electron chi connectivity index (χ1n) is 31.7. The van der Waals surface area contributed by atoms with Gasteiger partial charge >= 0.3 is 0 Å². The molecule has 14 rings (SSSR count). The summed E-state index contributed by atoms with van der Waals surface area (Å²) < 4.78 is 2.74. The van der Waals surface area contributed by atoms with E-state index in [2.05, 4.69) is 307 Å². The van der Waals surface area contributed by atoms with E-state index in [0.29, 0.717) is 0 Å². The molecule has 2 aliphatic heterocycles. The zero-order valence-corrected chi connectivity index (χ0v) is 54.4. The lowest BCUT2D eigenvalue weighted by Gasteiger charge is -2.48. The standard InChI is InChI=1S/C81H84BN3S/c1-51-44-63-65(80(12,13)42-40-78(63,8)9)49-68(51)85-69-50-66-64(79(10,11)41-43-81(66,14)15)48-67(69)82-73-70(84(60-37-30-56(31-38-60)76(2,3)4)74-62-45-57(77(5,6)7)32-39-72(62)86-75(74)82)46-61(47-71(73)85)83(58-33-26-54(27-34-58)52-22-18-16-19-23-52)59-35-28-55(29-36-59)53-24-20-17-21-25-53/h16-39,44-50H,40-43H2,1-15H3. The summed E-state index contributed by atoms with van der Waals surface area (Å²) in [5.74, 6) is 0. The summed E-state index contributed by atoms with van der Waals surface area (Å²) in [6.07, 6.45) is 4.60. The molecular formula is C81H84BN3S. The normalized spacial score (nSPS) is 16.9. The molecule has 0 N–H and O–H groups in total. The lowest BCUT2D eigenvalue weighted by atomic mass is 9.35. The lowest BCUT2D eigenvalue weighted by molar-refractivity contribution is 0.331. The summed E-state index contributed by atoms with van der Waals surface area (Å²) >= 11 is 2.02. The maximum atomic E-state index is 2.77. The third-order valence-corrected chi connectivity index (χ3v) is 21.8. The number of hydrogen-bond donors (Lipinski definition) is 0. The van der Waals surface area contributed by atoms with Gasteiger partial charge in [-0.2, -0.15) is 0 Å². The van der Waals surface area contributed by atoms with Crippen LogP contribution in [0.5, 0.6) is 0 Å². The Balaban J connectivity index is 1.13. The predicted molar refractivity (Wildman–Crippen MR) is 374 cm³/mol. The van der Waals surface area contributed by atoms with Gasteiger partial charge in [-0.25, -0.2) is 0 Å². The largest absolute Gasteiger partial charge is 0.311 e. The van der Waals surface area contributed by atoms with E-state index in [9.17, 15) is 0 Å². The number of anilines is 9. The average Bonchev–Trinajstić information content (AvgIpc) is 1.13. The third kappa shape index (κ3) is 9.19. The van der Waals surface area contributed by atoms with Gasteiger partial charge in [-0.05, 0) is 210 Å². The van der Waals surface area contributed by atoms with Gasteiger partial charge in [-0.3, -0.25) is 0 Å². The van der Waals surface area contributed by atoms with E-state index in [0.717, 1.165) is 36.3 Å². The smallest absolute Gasteiger partial charge is 0.264 e. The molecule has 0 fully saturated rings. The highest BCUT2D eigenvalue weighted by molar-refractivity contribution is 7.33. The van der Waals surface area contributed by atoms with Crippen molar-refractivity contribution in [3.63, 3.8) is 0 Å². The molecule has 3 heterocycles. The van der Waals surface area contributed by atoms with Crippen LogP contribution in [0.25, 0.3) is 32.3 Å². The number of rotatable bonds is 7. The van der Waals surface area contributed by atoms with Crippen molar-refractivity contribution in [1.29, 1.82) is 0 Å². The number of benzene rings is 9. The van der Waals surface area contributed by atoms with Crippen LogP contribution in [0.4, 0.5) is 51.2 Å². The lowest BCUT2D eigenvalue weighted by Crippen LogP contribution is -2.61. The SMILES string of the molecule is Cc1cc2c(cc1N1c3cc4c(cc3B3c5sc6ccc(C(C)(C)C)cc6c5N(c5ccc(C(C)(C)C)cc5)c5cc(N(c6ccc(-c7ccccc7)cc6)c6ccc(-c7ccccc7)cc6)cc1c53)C(C)(C)CCC4(C)C)C(C)(C)CCC2(C)C. The molecule has 0 spiro atoms. The van der Waals surface area contributed by atoms with Gasteiger partial charge < -0.3 is 14.7 Å². The number of fused-ring (bicyclic) bond motifs is 8. The van der Waals surface area contributed by atoms with Gasteiger partial charge in [-0.1, -0.05) is 212 Å². The highest BCUT2D eigenvalue weighted by Crippen LogP contribution is 2.56. The second-order valence-corrected chi connectivity index (χ2v) is 31.5. The Kier molecular flexibility index (Phi) is 12.9. The van der Waals surface area contributed by atoms with E-state index in [1.54, 1.807) is 0 Å². The van der Waals surface area contributed by atoms with E-state index < -0.39 is 0 Å². The predicted octanol–water partition coefficient (Wildman–Crippen LogP) is 21.4. The molecule has 86 heavy (non-hydrogen) atoms. The monoisotopic (exact) mass is 1140 g/mol. The highest BCUT2D eigenvalue weighted by Gasteiger charge is 2.49. The van der Waals surface area contributed by atoms with Crippen molar-refractivity contribution >= 4 is 95.0 Å². The molecule has 4 aliphatic rings. The Hall–Kier alpha value is -7.60. The first-order valence-corrected chi connectivity index (χ1v) is 32.5. The summed E-state index contributed by atoms with van der Waals surface area (Å²) in [5, 5.41) is 1.32. The van der Waals surface area contributed by atoms with E-state index >= 15 is 0 Å². The van der Waals surface area contributed by atoms with Crippen LogP contribution < -0.4 is 30.4 Å². The molecule has 0 saturated carbocycles. The Morgan fingerprint density at radius 1 is 0.419 bits per heavy atom. The quantitative estimate of drug-likeness (QED) is 0.147. The van der Waals surface area contributed by atoms with Crippen LogP contribution >= 0.6 is 11.3 Å². The molecule has 3 nitrogen and oxygen atoms in total. The van der Waals surface area contributed by atoms with Crippen LogP contribution in [-0.4, -0.2) is 6.71 Å². The van der Waals surface area contributed by atoms with Crippen molar-refractivity contribution in [2.75, 3.05) is 14.7 Å². The molecule has 0 atom stereocenters. The zero-order valence-electron chi connectivity index (χ0n) is 53.6. The summed E-state index contributed by atoms with van der Waals surface area (Å²) in [4.78, 5) is 8.00. The zero-order chi connectivity index (χ0) is 60.2. The van der Waals surface area contributed by atoms with E-state index in [-0.39, 0.29) is 39.2 Å². The van der Waals surface area contributed by atoms with Crippen molar-refractivity contribution in [2.24, 2.45) is 0 Å². The molecule has 0 bridgehead atoms. The maximum Gasteiger partial charge on any atom is 0.264 e. The Morgan fingerprint density at radius 2 is 0.860 bits per heavy atom. The van der Waals surface area contributed by atoms with Crippen LogP contribution in [0.1, 0.15) is 162 Å². The van der Waals surface area contributed by atoms with Gasteiger partial charge in [-0.15, -0.1) is 11.3 Å². The number of thiophene rings is 1. The second kappa shape index (κ2) is 19.7. The fourth-order valence-electron chi connectivity index (χ4n) is 15.0. The van der Waals surface area contributed by atoms with E-state index in [4.69, 9.17) is 0 Å². The van der Waals surface area contributed by atoms with Crippen molar-refractivity contribution in [2.45, 2.75) is 162 Å². The summed E-state index contributed by atoms with van der Waals surface area (Å²) in [5.41, 5.74) is 28.3. The molecule has 432 valence electrons. The van der Waals surface area contributed by atoms with E-state index in [1.807, 2.05) is 11.3 Å². The number of hydrogen-bond acceptors (Lipinski definition) is 4. The first kappa shape index (κ1) is 56.2. The van der Waals surface area contributed by atoms with Gasteiger partial charge in [0, 0.05) is 54.7 Å². The average molecular weight is 1140 g/mol. The molecule has 9 aromatic carbocycles. The van der Waals surface area contributed by atoms with Gasteiger partial charge in [0.15, 0.2) is 0 Å². The van der Waals surface area contributed by atoms with Gasteiger partial charge in [0.25, 0.3) is 6.71 Å². The van der Waals surface area contributed by atoms with Crippen LogP contribution in [0.2, 0.25) is 0 Å². The molecule has 10 aromatic rings. The van der Waals surface area contributed by atoms with Crippen LogP contribution in [0, 0.1) is 6.92 Å². The van der Waals surface area contributed by atoms with Crippen LogP contribution in [0.3, 0.4) is 0 Å². The third-order valence-electron chi connectivity index (χ3n) is 20.6. The minimum absolute atomic E-state index is 0.000124. The topological polar surface area (TPSA) is 9.72 Å². The van der Waals surface area contributed by atoms with Crippen molar-refractivity contribution in [3.05, 3.63) is 227 Å². The molecule has 0 saturated heterocycles. The van der Waals surface area contributed by atoms with Gasteiger partial charge in [0.2, 0.25) is 0 Å². The fourth-order valence-corrected chi connectivity index (χ4v) is 16.3. The Labute approximate surface area is 517 Å². The van der Waals surface area contributed by atoms with Crippen molar-refractivity contribution in [3.8, 4) is 22.3 Å². The molecule has 0 unspecified atom stereocenters. The fraction of sp³-hybridized carbons (Fsp3) is 0.309. The highest BCUT2D eigenvalue weighted by atomic mass is 32.1. The number of aryl methyl sites for hydroxylation is 1. The molecule has 0 radical (unpaired) electrons. The maximum absolute atomic E-state index is 2.77. The molecule has 5 heteroatoms. The minimum Gasteiger partial charge on any atom is -0.311 e. The Bertz CT molecular complexity index is 4220.